The van der Waals surface area contributed by atoms with Gasteiger partial charge in [0.15, 0.2) is 7.85 Å². The lowest BCUT2D eigenvalue weighted by Gasteiger charge is -2.22. The predicted octanol–water partition coefficient (Wildman–Crippen LogP) is 1.29. The maximum atomic E-state index is 11.7. The van der Waals surface area contributed by atoms with Gasteiger partial charge in [0.2, 0.25) is 0 Å². The zero-order chi connectivity index (χ0) is 24.6. The van der Waals surface area contributed by atoms with Crippen LogP contribution in [0.25, 0.3) is 0 Å². The van der Waals surface area contributed by atoms with Crippen LogP contribution in [0.2, 0.25) is 0 Å². The van der Waals surface area contributed by atoms with Crippen molar-refractivity contribution in [3.8, 4) is 11.9 Å². The molecule has 0 bridgehead atoms. The van der Waals surface area contributed by atoms with E-state index in [4.69, 9.17) is 29.4 Å². The Balaban J connectivity index is 3.53. The molecule has 0 heterocycles. The maximum absolute atomic E-state index is 11.7. The quantitative estimate of drug-likeness (QED) is 0.0553. The van der Waals surface area contributed by atoms with Crippen molar-refractivity contribution in [2.24, 2.45) is 5.73 Å². The normalized spacial score (nSPS) is 10.8. The van der Waals surface area contributed by atoms with Gasteiger partial charge in [0, 0.05) is 30.5 Å². The SMILES string of the molecule is BC#CNC(=O)OCCCCOCSSC(C)(C)CCOC(=O)NCCOCCOCCN. The molecule has 0 unspecified atom stereocenters. The molecule has 0 aliphatic rings. The van der Waals surface area contributed by atoms with E-state index in [0.29, 0.717) is 65.3 Å². The summed E-state index contributed by atoms with van der Waals surface area (Å²) in [6.07, 6.45) is 1.27. The van der Waals surface area contributed by atoms with Crippen LogP contribution < -0.4 is 16.4 Å². The standard InChI is InChI=1S/C20H38BN3O7S2/c1-20(2,5-12-31-19(26)24-9-14-28-16-15-27-13-7-22)33-32-17-29-10-3-4-11-30-18(25)23-8-6-21/h3-5,7,9-17,21-22H2,1-2H3,(H,23,25)(H,24,26). The molecule has 0 saturated carbocycles. The lowest BCUT2D eigenvalue weighted by Crippen LogP contribution is -2.29. The van der Waals surface area contributed by atoms with Gasteiger partial charge in [-0.1, -0.05) is 21.6 Å². The Morgan fingerprint density at radius 2 is 1.64 bits per heavy atom. The molecular weight excluding hydrogens is 469 g/mol. The monoisotopic (exact) mass is 507 g/mol. The van der Waals surface area contributed by atoms with Gasteiger partial charge in [-0.2, -0.15) is 0 Å². The van der Waals surface area contributed by atoms with Crippen LogP contribution in [-0.2, 0) is 23.7 Å². The fourth-order valence-corrected chi connectivity index (χ4v) is 4.29. The number of alkyl carbamates (subject to hydrolysis) is 2. The molecule has 0 aromatic rings. The van der Waals surface area contributed by atoms with Crippen molar-refractivity contribution in [1.29, 1.82) is 0 Å². The van der Waals surface area contributed by atoms with Gasteiger partial charge in [-0.05, 0) is 33.1 Å². The molecule has 2 amide bonds. The minimum Gasteiger partial charge on any atom is -0.450 e. The molecule has 0 atom stereocenters. The van der Waals surface area contributed by atoms with Crippen molar-refractivity contribution in [3.63, 3.8) is 0 Å². The third kappa shape index (κ3) is 23.7. The number of rotatable bonds is 20. The van der Waals surface area contributed by atoms with E-state index >= 15 is 0 Å². The molecule has 0 aromatic heterocycles. The van der Waals surface area contributed by atoms with Crippen molar-refractivity contribution in [1.82, 2.24) is 10.6 Å². The zero-order valence-corrected chi connectivity index (χ0v) is 21.6. The summed E-state index contributed by atoms with van der Waals surface area (Å²) in [6.45, 7) is 8.20. The van der Waals surface area contributed by atoms with Gasteiger partial charge in [0.25, 0.3) is 0 Å². The summed E-state index contributed by atoms with van der Waals surface area (Å²) < 4.78 is 26.2. The van der Waals surface area contributed by atoms with Crippen LogP contribution in [0.15, 0.2) is 0 Å². The number of nitrogens with one attached hydrogen (secondary N) is 2. The molecule has 0 spiro atoms. The largest absolute Gasteiger partial charge is 0.450 e. The Kier molecular flexibility index (Phi) is 21.6. The zero-order valence-electron chi connectivity index (χ0n) is 19.9. The minimum atomic E-state index is -0.532. The molecule has 4 N–H and O–H groups in total. The first kappa shape index (κ1) is 31.7. The average Bonchev–Trinajstić information content (AvgIpc) is 2.78. The minimum absolute atomic E-state index is 0.0659. The average molecular weight is 507 g/mol. The van der Waals surface area contributed by atoms with E-state index in [-0.39, 0.29) is 4.75 Å². The summed E-state index contributed by atoms with van der Waals surface area (Å²) in [5.41, 5.74) is 5.31. The van der Waals surface area contributed by atoms with Gasteiger partial charge in [-0.15, -0.1) is 5.82 Å². The van der Waals surface area contributed by atoms with Crippen molar-refractivity contribution in [2.75, 3.05) is 65.3 Å². The molecule has 190 valence electrons. The van der Waals surface area contributed by atoms with Crippen LogP contribution in [0.1, 0.15) is 33.1 Å². The second-order valence-corrected chi connectivity index (χ2v) is 10.1. The number of nitrogens with two attached hydrogens (primary N) is 1. The van der Waals surface area contributed by atoms with Gasteiger partial charge in [-0.3, -0.25) is 5.32 Å². The number of carbonyl (C=O) groups excluding carboxylic acids is 2. The summed E-state index contributed by atoms with van der Waals surface area (Å²) in [4.78, 5) is 22.9. The lowest BCUT2D eigenvalue weighted by molar-refractivity contribution is 0.0512. The number of hydrogen-bond acceptors (Lipinski definition) is 10. The summed E-state index contributed by atoms with van der Waals surface area (Å²) in [5, 5.41) is 4.95. The Morgan fingerprint density at radius 1 is 0.939 bits per heavy atom. The maximum Gasteiger partial charge on any atom is 0.418 e. The van der Waals surface area contributed by atoms with Gasteiger partial charge < -0.3 is 34.7 Å². The van der Waals surface area contributed by atoms with Crippen molar-refractivity contribution in [3.05, 3.63) is 0 Å². The van der Waals surface area contributed by atoms with Crippen LogP contribution in [-0.4, -0.2) is 90.1 Å². The van der Waals surface area contributed by atoms with Crippen LogP contribution in [0.3, 0.4) is 0 Å². The lowest BCUT2D eigenvalue weighted by atomic mass is 10.1. The van der Waals surface area contributed by atoms with E-state index in [2.05, 4.69) is 36.3 Å². The van der Waals surface area contributed by atoms with Crippen molar-refractivity contribution < 1.29 is 33.3 Å². The van der Waals surface area contributed by atoms with Crippen LogP contribution in [0.4, 0.5) is 9.59 Å². The molecule has 0 saturated heterocycles. The first-order valence-electron chi connectivity index (χ1n) is 10.9. The fraction of sp³-hybridized carbons (Fsp3) is 0.800. The molecule has 0 aliphatic heterocycles. The third-order valence-corrected chi connectivity index (χ3v) is 6.74. The molecule has 0 aromatic carbocycles. The Bertz CT molecular complexity index is 578. The smallest absolute Gasteiger partial charge is 0.418 e. The highest BCUT2D eigenvalue weighted by molar-refractivity contribution is 8.77. The van der Waals surface area contributed by atoms with Crippen molar-refractivity contribution in [2.45, 2.75) is 37.9 Å². The van der Waals surface area contributed by atoms with E-state index in [9.17, 15) is 9.59 Å². The summed E-state index contributed by atoms with van der Waals surface area (Å²) in [6, 6.07) is 2.43. The molecule has 0 aliphatic carbocycles. The van der Waals surface area contributed by atoms with Gasteiger partial charge in [0.05, 0.1) is 39.6 Å². The highest BCUT2D eigenvalue weighted by Crippen LogP contribution is 2.37. The molecule has 0 fully saturated rings. The first-order chi connectivity index (χ1) is 15.9. The first-order valence-corrected chi connectivity index (χ1v) is 13.2. The van der Waals surface area contributed by atoms with Gasteiger partial charge in [-0.25, -0.2) is 9.59 Å². The topological polar surface area (TPSA) is 130 Å². The number of carbonyl (C=O) groups is 2. The molecule has 0 radical (unpaired) electrons. The van der Waals surface area contributed by atoms with Gasteiger partial charge >= 0.3 is 12.2 Å². The molecule has 10 nitrogen and oxygen atoms in total. The number of unbranched alkanes of at least 4 members (excludes halogenated alkanes) is 1. The molecule has 0 rings (SSSR count). The Hall–Kier alpha value is -1.30. The molecular formula is C20H38BN3O7S2. The van der Waals surface area contributed by atoms with Crippen LogP contribution >= 0.6 is 21.6 Å². The molecule has 33 heavy (non-hydrogen) atoms. The molecule has 13 heteroatoms. The highest BCUT2D eigenvalue weighted by atomic mass is 33.1. The van der Waals surface area contributed by atoms with Crippen LogP contribution in [0, 0.1) is 11.9 Å². The Labute approximate surface area is 206 Å². The number of amides is 2. The fourth-order valence-electron chi connectivity index (χ4n) is 2.01. The Morgan fingerprint density at radius 3 is 2.36 bits per heavy atom. The van der Waals surface area contributed by atoms with E-state index < -0.39 is 12.2 Å². The predicted molar refractivity (Wildman–Crippen MR) is 135 cm³/mol. The second-order valence-electron chi connectivity index (χ2n) is 7.16. The number of ether oxygens (including phenoxy) is 5. The second kappa shape index (κ2) is 22.5. The van der Waals surface area contributed by atoms with Crippen LogP contribution in [0.5, 0.6) is 0 Å². The van der Waals surface area contributed by atoms with E-state index in [1.807, 2.05) is 0 Å². The number of hydrogen-bond donors (Lipinski definition) is 3. The summed E-state index contributed by atoms with van der Waals surface area (Å²) in [5.74, 6) is 3.11. The highest BCUT2D eigenvalue weighted by Gasteiger charge is 2.19. The van der Waals surface area contributed by atoms with Gasteiger partial charge in [0.1, 0.15) is 5.94 Å². The summed E-state index contributed by atoms with van der Waals surface area (Å²) in [7, 11) is 4.94. The third-order valence-electron chi connectivity index (χ3n) is 3.71. The van der Waals surface area contributed by atoms with Crippen molar-refractivity contribution >= 4 is 41.6 Å². The van der Waals surface area contributed by atoms with E-state index in [1.165, 1.54) is 0 Å². The summed E-state index contributed by atoms with van der Waals surface area (Å²) >= 11 is 0. The van der Waals surface area contributed by atoms with E-state index in [1.54, 1.807) is 29.4 Å². The van der Waals surface area contributed by atoms with E-state index in [0.717, 1.165) is 19.3 Å².